The van der Waals surface area contributed by atoms with Crippen LogP contribution < -0.4 is 5.32 Å². The Balaban J connectivity index is 2.46. The van der Waals surface area contributed by atoms with Gasteiger partial charge < -0.3 is 5.32 Å². The van der Waals surface area contributed by atoms with Crippen LogP contribution in [0.1, 0.15) is 19.7 Å². The standard InChI is InChI=1S/C10H20N4S/c1-4-11-9(7-15-5-2)6-10-12-8-13-14(10)3/h8-9,11H,4-7H2,1-3H3. The molecule has 15 heavy (non-hydrogen) atoms. The molecular weight excluding hydrogens is 208 g/mol. The highest BCUT2D eigenvalue weighted by molar-refractivity contribution is 7.99. The van der Waals surface area contributed by atoms with E-state index in [-0.39, 0.29) is 0 Å². The Morgan fingerprint density at radius 2 is 2.33 bits per heavy atom. The third-order valence-corrected chi connectivity index (χ3v) is 3.30. The number of nitrogens with zero attached hydrogens (tertiary/aromatic N) is 3. The molecule has 0 saturated heterocycles. The Bertz CT molecular complexity index is 274. The molecule has 0 aliphatic carbocycles. The molecule has 1 aromatic heterocycles. The van der Waals surface area contributed by atoms with Gasteiger partial charge in [-0.2, -0.15) is 16.9 Å². The lowest BCUT2D eigenvalue weighted by atomic mass is 10.2. The minimum absolute atomic E-state index is 0.503. The first-order valence-electron chi connectivity index (χ1n) is 5.41. The Hall–Kier alpha value is -0.550. The first kappa shape index (κ1) is 12.5. The Morgan fingerprint density at radius 1 is 1.53 bits per heavy atom. The predicted octanol–water partition coefficient (Wildman–Crippen LogP) is 1.09. The van der Waals surface area contributed by atoms with Gasteiger partial charge in [0.05, 0.1) is 0 Å². The van der Waals surface area contributed by atoms with E-state index in [0.29, 0.717) is 6.04 Å². The van der Waals surface area contributed by atoms with Crippen molar-refractivity contribution < 1.29 is 0 Å². The fourth-order valence-electron chi connectivity index (χ4n) is 1.46. The second kappa shape index (κ2) is 6.85. The average Bonchev–Trinajstić information content (AvgIpc) is 2.61. The molecule has 0 amide bonds. The highest BCUT2D eigenvalue weighted by Crippen LogP contribution is 2.06. The van der Waals surface area contributed by atoms with Crippen molar-refractivity contribution >= 4 is 11.8 Å². The maximum atomic E-state index is 4.25. The molecule has 1 rings (SSSR count). The van der Waals surface area contributed by atoms with Crippen molar-refractivity contribution in [1.29, 1.82) is 0 Å². The van der Waals surface area contributed by atoms with Gasteiger partial charge in [0, 0.05) is 25.3 Å². The van der Waals surface area contributed by atoms with Crippen molar-refractivity contribution in [2.75, 3.05) is 18.1 Å². The minimum atomic E-state index is 0.503. The van der Waals surface area contributed by atoms with Crippen molar-refractivity contribution in [2.45, 2.75) is 26.3 Å². The zero-order valence-electron chi connectivity index (χ0n) is 9.73. The lowest BCUT2D eigenvalue weighted by Gasteiger charge is -2.16. The van der Waals surface area contributed by atoms with Crippen molar-refractivity contribution in [3.8, 4) is 0 Å². The highest BCUT2D eigenvalue weighted by atomic mass is 32.2. The summed E-state index contributed by atoms with van der Waals surface area (Å²) in [7, 11) is 1.94. The summed E-state index contributed by atoms with van der Waals surface area (Å²) in [6.07, 6.45) is 2.57. The third kappa shape index (κ3) is 4.22. The number of rotatable bonds is 7. The Morgan fingerprint density at radius 3 is 2.87 bits per heavy atom. The summed E-state index contributed by atoms with van der Waals surface area (Å²) in [5, 5.41) is 7.56. The summed E-state index contributed by atoms with van der Waals surface area (Å²) in [4.78, 5) is 4.25. The quantitative estimate of drug-likeness (QED) is 0.758. The van der Waals surface area contributed by atoms with Crippen LogP contribution >= 0.6 is 11.8 Å². The monoisotopic (exact) mass is 228 g/mol. The van der Waals surface area contributed by atoms with E-state index in [9.17, 15) is 0 Å². The fourth-order valence-corrected chi connectivity index (χ4v) is 2.22. The summed E-state index contributed by atoms with van der Waals surface area (Å²) in [5.41, 5.74) is 0. The molecule has 1 atom stereocenters. The first-order chi connectivity index (χ1) is 7.27. The largest absolute Gasteiger partial charge is 0.313 e. The van der Waals surface area contributed by atoms with Crippen LogP contribution in [0.3, 0.4) is 0 Å². The minimum Gasteiger partial charge on any atom is -0.313 e. The lowest BCUT2D eigenvalue weighted by molar-refractivity contribution is 0.542. The summed E-state index contributed by atoms with van der Waals surface area (Å²) < 4.78 is 1.85. The van der Waals surface area contributed by atoms with Gasteiger partial charge in [-0.3, -0.25) is 4.68 Å². The van der Waals surface area contributed by atoms with Crippen LogP contribution in [0.15, 0.2) is 6.33 Å². The zero-order valence-corrected chi connectivity index (χ0v) is 10.5. The molecule has 0 spiro atoms. The van der Waals surface area contributed by atoms with Gasteiger partial charge in [-0.05, 0) is 12.3 Å². The molecule has 5 heteroatoms. The molecule has 86 valence electrons. The first-order valence-corrected chi connectivity index (χ1v) is 6.57. The summed E-state index contributed by atoms with van der Waals surface area (Å²) >= 11 is 1.96. The van der Waals surface area contributed by atoms with E-state index >= 15 is 0 Å². The van der Waals surface area contributed by atoms with Gasteiger partial charge in [0.25, 0.3) is 0 Å². The summed E-state index contributed by atoms with van der Waals surface area (Å²) in [6.45, 7) is 5.34. The molecule has 0 bridgehead atoms. The maximum absolute atomic E-state index is 4.25. The number of likely N-dealkylation sites (N-methyl/N-ethyl adjacent to an activating group) is 1. The Kier molecular flexibility index (Phi) is 5.71. The van der Waals surface area contributed by atoms with E-state index < -0.39 is 0 Å². The average molecular weight is 228 g/mol. The maximum Gasteiger partial charge on any atom is 0.138 e. The van der Waals surface area contributed by atoms with Crippen molar-refractivity contribution in [3.63, 3.8) is 0 Å². The normalized spacial score (nSPS) is 13.0. The van der Waals surface area contributed by atoms with Crippen LogP contribution in [0.4, 0.5) is 0 Å². The molecule has 0 fully saturated rings. The highest BCUT2D eigenvalue weighted by Gasteiger charge is 2.11. The van der Waals surface area contributed by atoms with E-state index in [1.165, 1.54) is 5.75 Å². The third-order valence-electron chi connectivity index (χ3n) is 2.25. The molecule has 0 saturated carbocycles. The van der Waals surface area contributed by atoms with Crippen molar-refractivity contribution in [1.82, 2.24) is 20.1 Å². The number of hydrogen-bond acceptors (Lipinski definition) is 4. The van der Waals surface area contributed by atoms with Gasteiger partial charge in [-0.1, -0.05) is 13.8 Å². The van der Waals surface area contributed by atoms with Gasteiger partial charge in [0.1, 0.15) is 12.2 Å². The smallest absolute Gasteiger partial charge is 0.138 e. The number of aryl methyl sites for hydroxylation is 1. The van der Waals surface area contributed by atoms with E-state index in [2.05, 4.69) is 29.2 Å². The molecular formula is C10H20N4S. The summed E-state index contributed by atoms with van der Waals surface area (Å²) in [6, 6.07) is 0.503. The van der Waals surface area contributed by atoms with Crippen LogP contribution in [0, 0.1) is 0 Å². The van der Waals surface area contributed by atoms with Gasteiger partial charge in [-0.15, -0.1) is 0 Å². The molecule has 0 aliphatic rings. The number of nitrogens with one attached hydrogen (secondary N) is 1. The van der Waals surface area contributed by atoms with Crippen molar-refractivity contribution in [3.05, 3.63) is 12.2 Å². The second-order valence-corrected chi connectivity index (χ2v) is 4.74. The molecule has 1 unspecified atom stereocenters. The fraction of sp³-hybridized carbons (Fsp3) is 0.800. The number of aromatic nitrogens is 3. The van der Waals surface area contributed by atoms with Gasteiger partial charge in [-0.25, -0.2) is 4.98 Å². The lowest BCUT2D eigenvalue weighted by Crippen LogP contribution is -2.34. The number of thioether (sulfide) groups is 1. The van der Waals surface area contributed by atoms with E-state index in [1.54, 1.807) is 6.33 Å². The molecule has 1 heterocycles. The Labute approximate surface area is 95.9 Å². The summed E-state index contributed by atoms with van der Waals surface area (Å²) in [5.74, 6) is 3.36. The van der Waals surface area contributed by atoms with E-state index in [4.69, 9.17) is 0 Å². The topological polar surface area (TPSA) is 42.7 Å². The zero-order chi connectivity index (χ0) is 11.1. The molecule has 0 radical (unpaired) electrons. The van der Waals surface area contributed by atoms with Crippen LogP contribution in [-0.4, -0.2) is 38.9 Å². The molecule has 0 aromatic carbocycles. The molecule has 1 aromatic rings. The second-order valence-electron chi connectivity index (χ2n) is 3.42. The van der Waals surface area contributed by atoms with E-state index in [1.807, 2.05) is 23.5 Å². The van der Waals surface area contributed by atoms with Crippen LogP contribution in [0.25, 0.3) is 0 Å². The van der Waals surface area contributed by atoms with Crippen LogP contribution in [0.5, 0.6) is 0 Å². The van der Waals surface area contributed by atoms with Crippen LogP contribution in [0.2, 0.25) is 0 Å². The van der Waals surface area contributed by atoms with Gasteiger partial charge >= 0.3 is 0 Å². The van der Waals surface area contributed by atoms with Gasteiger partial charge in [0.15, 0.2) is 0 Å². The molecule has 4 nitrogen and oxygen atoms in total. The van der Waals surface area contributed by atoms with Crippen molar-refractivity contribution in [2.24, 2.45) is 7.05 Å². The predicted molar refractivity (Wildman–Crippen MR) is 65.2 cm³/mol. The van der Waals surface area contributed by atoms with Crippen LogP contribution in [-0.2, 0) is 13.5 Å². The molecule has 1 N–H and O–H groups in total. The van der Waals surface area contributed by atoms with Gasteiger partial charge in [0.2, 0.25) is 0 Å². The SMILES string of the molecule is CCNC(CSCC)Cc1ncnn1C. The van der Waals surface area contributed by atoms with E-state index in [0.717, 1.165) is 24.5 Å². The molecule has 0 aliphatic heterocycles. The number of hydrogen-bond donors (Lipinski definition) is 1.